The maximum Gasteiger partial charge on any atom is 0.173 e. The lowest BCUT2D eigenvalue weighted by Gasteiger charge is -2.15. The molecule has 0 aliphatic carbocycles. The van der Waals surface area contributed by atoms with Crippen molar-refractivity contribution in [3.8, 4) is 0 Å². The molecule has 18 heavy (non-hydrogen) atoms. The van der Waals surface area contributed by atoms with Gasteiger partial charge in [-0.3, -0.25) is 0 Å². The van der Waals surface area contributed by atoms with Crippen LogP contribution < -0.4 is 5.32 Å². The Kier molecular flexibility index (Phi) is 3.59. The van der Waals surface area contributed by atoms with Crippen molar-refractivity contribution in [3.05, 3.63) is 45.9 Å². The molecule has 1 aromatic carbocycles. The highest BCUT2D eigenvalue weighted by atomic mass is 32.2. The second kappa shape index (κ2) is 4.86. The Morgan fingerprint density at radius 2 is 1.83 bits per heavy atom. The van der Waals surface area contributed by atoms with Crippen LogP contribution in [-0.2, 0) is 16.4 Å². The first-order valence-electron chi connectivity index (χ1n) is 6.08. The summed E-state index contributed by atoms with van der Waals surface area (Å²) in [6, 6.07) is 4.26. The topological polar surface area (TPSA) is 46.2 Å². The molecule has 1 unspecified atom stereocenters. The Labute approximate surface area is 109 Å². The molecule has 98 valence electrons. The van der Waals surface area contributed by atoms with E-state index >= 15 is 0 Å². The van der Waals surface area contributed by atoms with E-state index in [1.54, 1.807) is 6.08 Å². The van der Waals surface area contributed by atoms with Gasteiger partial charge < -0.3 is 5.32 Å². The van der Waals surface area contributed by atoms with Crippen LogP contribution in [0.15, 0.2) is 23.6 Å². The number of hydrogen-bond donors (Lipinski definition) is 1. The van der Waals surface area contributed by atoms with Crippen LogP contribution in [0.3, 0.4) is 0 Å². The zero-order chi connectivity index (χ0) is 13.3. The minimum atomic E-state index is -2.97. The minimum Gasteiger partial charge on any atom is -0.305 e. The highest BCUT2D eigenvalue weighted by molar-refractivity contribution is 7.94. The third-order valence-corrected chi connectivity index (χ3v) is 4.71. The highest BCUT2D eigenvalue weighted by Gasteiger charge is 2.21. The van der Waals surface area contributed by atoms with Gasteiger partial charge in [-0.1, -0.05) is 23.8 Å². The first-order valence-corrected chi connectivity index (χ1v) is 7.80. The Bertz CT molecular complexity index is 565. The number of rotatable bonds is 3. The lowest BCUT2D eigenvalue weighted by Crippen LogP contribution is -2.30. The molecule has 0 saturated carbocycles. The predicted octanol–water partition coefficient (Wildman–Crippen LogP) is 2.01. The van der Waals surface area contributed by atoms with Crippen molar-refractivity contribution in [2.45, 2.75) is 33.4 Å². The van der Waals surface area contributed by atoms with Crippen molar-refractivity contribution < 1.29 is 8.42 Å². The maximum atomic E-state index is 11.3. The molecule has 1 heterocycles. The number of aryl methyl sites for hydroxylation is 3. The third kappa shape index (κ3) is 3.00. The van der Waals surface area contributed by atoms with E-state index in [1.165, 1.54) is 27.7 Å². The van der Waals surface area contributed by atoms with E-state index in [2.05, 4.69) is 38.2 Å². The molecular formula is C14H19NO2S. The molecule has 0 spiro atoms. The third-order valence-electron chi connectivity index (χ3n) is 3.31. The molecule has 0 aromatic heterocycles. The molecule has 0 saturated heterocycles. The standard InChI is InChI=1S/C14H19NO2S/c1-10-6-11(2)14(12(3)7-10)8-15-13-4-5-18(16,17)9-13/h4-7,13,15H,8-9H2,1-3H3. The number of nitrogens with one attached hydrogen (secondary N) is 1. The van der Waals surface area contributed by atoms with Gasteiger partial charge in [0.1, 0.15) is 0 Å². The van der Waals surface area contributed by atoms with Crippen LogP contribution in [0.1, 0.15) is 22.3 Å². The Hall–Kier alpha value is -1.13. The van der Waals surface area contributed by atoms with Crippen molar-refractivity contribution in [1.82, 2.24) is 5.32 Å². The molecule has 0 radical (unpaired) electrons. The van der Waals surface area contributed by atoms with Crippen LogP contribution in [0.25, 0.3) is 0 Å². The maximum absolute atomic E-state index is 11.3. The van der Waals surface area contributed by atoms with Crippen LogP contribution in [0.5, 0.6) is 0 Å². The summed E-state index contributed by atoms with van der Waals surface area (Å²) in [4.78, 5) is 0. The number of benzene rings is 1. The summed E-state index contributed by atoms with van der Waals surface area (Å²) in [6.45, 7) is 6.99. The first-order chi connectivity index (χ1) is 8.37. The van der Waals surface area contributed by atoms with E-state index in [0.717, 1.165) is 0 Å². The lowest BCUT2D eigenvalue weighted by molar-refractivity contribution is 0.589. The predicted molar refractivity (Wildman–Crippen MR) is 74.2 cm³/mol. The first kappa shape index (κ1) is 13.3. The second-order valence-corrected chi connectivity index (χ2v) is 6.95. The van der Waals surface area contributed by atoms with Crippen LogP contribution >= 0.6 is 0 Å². The van der Waals surface area contributed by atoms with Crippen LogP contribution in [0, 0.1) is 20.8 Å². The molecule has 4 heteroatoms. The monoisotopic (exact) mass is 265 g/mol. The van der Waals surface area contributed by atoms with Gasteiger partial charge in [0.25, 0.3) is 0 Å². The summed E-state index contributed by atoms with van der Waals surface area (Å²) in [5.41, 5.74) is 5.03. The van der Waals surface area contributed by atoms with E-state index in [9.17, 15) is 8.42 Å². The molecular weight excluding hydrogens is 246 g/mol. The van der Waals surface area contributed by atoms with Gasteiger partial charge in [-0.05, 0) is 37.5 Å². The average Bonchev–Trinajstić information content (AvgIpc) is 2.56. The molecule has 1 aromatic rings. The van der Waals surface area contributed by atoms with Gasteiger partial charge in [0.05, 0.1) is 5.75 Å². The second-order valence-electron chi connectivity index (χ2n) is 5.02. The molecule has 1 atom stereocenters. The zero-order valence-corrected chi connectivity index (χ0v) is 11.8. The van der Waals surface area contributed by atoms with Gasteiger partial charge in [-0.15, -0.1) is 0 Å². The smallest absolute Gasteiger partial charge is 0.173 e. The SMILES string of the molecule is Cc1cc(C)c(CNC2C=CS(=O)(=O)C2)c(C)c1. The summed E-state index contributed by atoms with van der Waals surface area (Å²) in [5, 5.41) is 4.59. The Morgan fingerprint density at radius 1 is 1.22 bits per heavy atom. The molecule has 0 bridgehead atoms. The van der Waals surface area contributed by atoms with Crippen molar-refractivity contribution >= 4 is 9.84 Å². The van der Waals surface area contributed by atoms with Crippen LogP contribution in [-0.4, -0.2) is 20.2 Å². The Morgan fingerprint density at radius 3 is 2.33 bits per heavy atom. The van der Waals surface area contributed by atoms with Crippen molar-refractivity contribution in [1.29, 1.82) is 0 Å². The van der Waals surface area contributed by atoms with Crippen LogP contribution in [0.4, 0.5) is 0 Å². The van der Waals surface area contributed by atoms with E-state index in [0.29, 0.717) is 6.54 Å². The lowest BCUT2D eigenvalue weighted by atomic mass is 9.99. The Balaban J connectivity index is 2.06. The van der Waals surface area contributed by atoms with Gasteiger partial charge in [-0.2, -0.15) is 0 Å². The van der Waals surface area contributed by atoms with Gasteiger partial charge >= 0.3 is 0 Å². The largest absolute Gasteiger partial charge is 0.305 e. The number of hydrogen-bond acceptors (Lipinski definition) is 3. The van der Waals surface area contributed by atoms with Crippen molar-refractivity contribution in [2.24, 2.45) is 0 Å². The number of sulfone groups is 1. The fourth-order valence-electron chi connectivity index (χ4n) is 2.42. The normalized spacial score (nSPS) is 21.4. The summed E-state index contributed by atoms with van der Waals surface area (Å²) in [7, 11) is -2.97. The van der Waals surface area contributed by atoms with Crippen LogP contribution in [0.2, 0.25) is 0 Å². The van der Waals surface area contributed by atoms with Gasteiger partial charge in [0.2, 0.25) is 0 Å². The summed E-state index contributed by atoms with van der Waals surface area (Å²) < 4.78 is 22.6. The fourth-order valence-corrected chi connectivity index (χ4v) is 3.69. The molecule has 0 fully saturated rings. The quantitative estimate of drug-likeness (QED) is 0.909. The fraction of sp³-hybridized carbons (Fsp3) is 0.429. The van der Waals surface area contributed by atoms with Gasteiger partial charge in [-0.25, -0.2) is 8.42 Å². The van der Waals surface area contributed by atoms with Gasteiger partial charge in [0, 0.05) is 18.0 Å². The molecule has 0 amide bonds. The van der Waals surface area contributed by atoms with E-state index in [-0.39, 0.29) is 11.8 Å². The average molecular weight is 265 g/mol. The zero-order valence-electron chi connectivity index (χ0n) is 11.0. The van der Waals surface area contributed by atoms with E-state index in [4.69, 9.17) is 0 Å². The molecule has 3 nitrogen and oxygen atoms in total. The molecule has 2 rings (SSSR count). The summed E-state index contributed by atoms with van der Waals surface area (Å²) in [5.74, 6) is 0.178. The molecule has 1 aliphatic heterocycles. The van der Waals surface area contributed by atoms with Gasteiger partial charge in [0.15, 0.2) is 9.84 Å². The van der Waals surface area contributed by atoms with Crippen molar-refractivity contribution in [2.75, 3.05) is 5.75 Å². The molecule has 1 N–H and O–H groups in total. The highest BCUT2D eigenvalue weighted by Crippen LogP contribution is 2.17. The molecule has 1 aliphatic rings. The van der Waals surface area contributed by atoms with Crippen molar-refractivity contribution in [3.63, 3.8) is 0 Å². The minimum absolute atomic E-state index is 0.0601. The van der Waals surface area contributed by atoms with E-state index in [1.807, 2.05) is 0 Å². The summed E-state index contributed by atoms with van der Waals surface area (Å²) in [6.07, 6.45) is 1.73. The summed E-state index contributed by atoms with van der Waals surface area (Å²) >= 11 is 0. The van der Waals surface area contributed by atoms with E-state index < -0.39 is 9.84 Å².